The second kappa shape index (κ2) is 5.71. The molecule has 0 amide bonds. The van der Waals surface area contributed by atoms with Crippen LogP contribution in [0, 0.1) is 0 Å². The summed E-state index contributed by atoms with van der Waals surface area (Å²) in [7, 11) is 0. The predicted molar refractivity (Wildman–Crippen MR) is 70.6 cm³/mol. The Hall–Kier alpha value is -1.40. The van der Waals surface area contributed by atoms with Crippen molar-refractivity contribution in [2.75, 3.05) is 0 Å². The molecule has 0 aliphatic heterocycles. The maximum atomic E-state index is 12.4. The highest BCUT2D eigenvalue weighted by Gasteiger charge is 2.23. The molecule has 0 aliphatic rings. The fourth-order valence-electron chi connectivity index (χ4n) is 1.36. The van der Waals surface area contributed by atoms with Crippen LogP contribution in [-0.2, 0) is 5.88 Å². The molecule has 19 heavy (non-hydrogen) atoms. The number of alkyl halides is 1. The normalized spacial score (nSPS) is 13.1. The zero-order valence-corrected chi connectivity index (χ0v) is 11.1. The summed E-state index contributed by atoms with van der Waals surface area (Å²) in [5.74, 6) is 0.613. The molecule has 1 aromatic heterocycles. The Bertz CT molecular complexity index is 577. The molecule has 0 fully saturated rings. The number of aromatic nitrogens is 1. The summed E-state index contributed by atoms with van der Waals surface area (Å²) in [6, 6.07) is 4.93. The van der Waals surface area contributed by atoms with Crippen molar-refractivity contribution in [3.8, 4) is 0 Å². The quantitative estimate of drug-likeness (QED) is 0.707. The van der Waals surface area contributed by atoms with E-state index in [9.17, 15) is 11.7 Å². The molecule has 0 aliphatic carbocycles. The topological polar surface area (TPSA) is 26.0 Å². The van der Waals surface area contributed by atoms with Crippen LogP contribution in [0.1, 0.15) is 17.1 Å². The van der Waals surface area contributed by atoms with Crippen molar-refractivity contribution < 1.29 is 16.1 Å². The molecule has 0 unspecified atom stereocenters. The summed E-state index contributed by atoms with van der Waals surface area (Å²) in [5, 5.41) is 0. The van der Waals surface area contributed by atoms with Crippen LogP contribution in [0.5, 0.6) is 0 Å². The van der Waals surface area contributed by atoms with Crippen molar-refractivity contribution in [1.29, 1.82) is 0 Å². The maximum absolute atomic E-state index is 12.4. The Balaban J connectivity index is 2.11. The Morgan fingerprint density at radius 3 is 2.37 bits per heavy atom. The summed E-state index contributed by atoms with van der Waals surface area (Å²) in [4.78, 5) is 3.45. The SMILES string of the molecule is FS(F)(F)c1ccc(C=Cc2nc(CCl)co2)cc1. The molecule has 0 spiro atoms. The highest BCUT2D eigenvalue weighted by Crippen LogP contribution is 2.60. The van der Waals surface area contributed by atoms with Crippen LogP contribution in [0.2, 0.25) is 0 Å². The van der Waals surface area contributed by atoms with Crippen LogP contribution < -0.4 is 0 Å². The average molecular weight is 308 g/mol. The van der Waals surface area contributed by atoms with Gasteiger partial charge in [0.1, 0.15) is 6.26 Å². The third kappa shape index (κ3) is 3.78. The van der Waals surface area contributed by atoms with E-state index >= 15 is 0 Å². The Labute approximate surface area is 115 Å². The number of nitrogens with zero attached hydrogens (tertiary/aromatic N) is 1. The molecule has 2 nitrogen and oxygen atoms in total. The monoisotopic (exact) mass is 307 g/mol. The van der Waals surface area contributed by atoms with E-state index in [0.29, 0.717) is 17.1 Å². The summed E-state index contributed by atoms with van der Waals surface area (Å²) < 4.78 is 42.4. The third-order valence-electron chi connectivity index (χ3n) is 2.27. The molecule has 1 heterocycles. The van der Waals surface area contributed by atoms with E-state index in [1.54, 1.807) is 12.2 Å². The molecule has 0 atom stereocenters. The van der Waals surface area contributed by atoms with Crippen LogP contribution in [0.3, 0.4) is 0 Å². The van der Waals surface area contributed by atoms with Gasteiger partial charge in [0.25, 0.3) is 0 Å². The molecular weight excluding hydrogens is 299 g/mol. The molecule has 102 valence electrons. The number of oxazole rings is 1. The van der Waals surface area contributed by atoms with E-state index in [-0.39, 0.29) is 5.88 Å². The molecule has 7 heteroatoms. The average Bonchev–Trinajstić information content (AvgIpc) is 2.84. The van der Waals surface area contributed by atoms with Gasteiger partial charge < -0.3 is 4.42 Å². The summed E-state index contributed by atoms with van der Waals surface area (Å²) in [6.07, 6.45) is 4.63. The molecule has 2 aromatic rings. The van der Waals surface area contributed by atoms with Gasteiger partial charge in [-0.15, -0.1) is 23.3 Å². The first-order valence-electron chi connectivity index (χ1n) is 5.20. The van der Waals surface area contributed by atoms with Crippen molar-refractivity contribution in [1.82, 2.24) is 4.98 Å². The second-order valence-corrected chi connectivity index (χ2v) is 5.17. The van der Waals surface area contributed by atoms with Crippen LogP contribution in [0.25, 0.3) is 12.2 Å². The van der Waals surface area contributed by atoms with Crippen LogP contribution in [0.4, 0.5) is 11.7 Å². The van der Waals surface area contributed by atoms with Gasteiger partial charge in [-0.25, -0.2) is 4.98 Å². The van der Waals surface area contributed by atoms with Gasteiger partial charge in [-0.2, -0.15) is 0 Å². The van der Waals surface area contributed by atoms with Gasteiger partial charge >= 0.3 is 0 Å². The van der Waals surface area contributed by atoms with E-state index in [1.165, 1.54) is 18.4 Å². The van der Waals surface area contributed by atoms with Crippen LogP contribution in [-0.4, -0.2) is 4.98 Å². The van der Waals surface area contributed by atoms with Crippen LogP contribution in [0.15, 0.2) is 39.8 Å². The molecule has 0 radical (unpaired) electrons. The molecule has 0 bridgehead atoms. The van der Waals surface area contributed by atoms with Gasteiger partial charge in [0, 0.05) is 6.08 Å². The lowest BCUT2D eigenvalue weighted by Gasteiger charge is -2.09. The zero-order valence-electron chi connectivity index (χ0n) is 9.52. The first kappa shape index (κ1) is 14.0. The van der Waals surface area contributed by atoms with E-state index in [1.807, 2.05) is 0 Å². The van der Waals surface area contributed by atoms with Gasteiger partial charge in [0.2, 0.25) is 17.1 Å². The summed E-state index contributed by atoms with van der Waals surface area (Å²) >= 11 is 0.410. The summed E-state index contributed by atoms with van der Waals surface area (Å²) in [5.41, 5.74) is 1.25. The fourth-order valence-corrected chi connectivity index (χ4v) is 1.93. The zero-order chi connectivity index (χ0) is 13.9. The van der Waals surface area contributed by atoms with Gasteiger partial charge in [-0.1, -0.05) is 12.1 Å². The summed E-state index contributed by atoms with van der Waals surface area (Å²) in [6.45, 7) is 0. The fraction of sp³-hybridized carbons (Fsp3) is 0.0833. The number of hydrogen-bond acceptors (Lipinski definition) is 2. The molecule has 0 N–H and O–H groups in total. The Morgan fingerprint density at radius 2 is 1.84 bits per heavy atom. The molecule has 2 rings (SSSR count). The number of benzene rings is 1. The Kier molecular flexibility index (Phi) is 4.21. The number of hydrogen-bond donors (Lipinski definition) is 0. The van der Waals surface area contributed by atoms with E-state index in [0.717, 1.165) is 12.1 Å². The van der Waals surface area contributed by atoms with Crippen molar-refractivity contribution in [3.05, 3.63) is 47.7 Å². The highest BCUT2D eigenvalue weighted by atomic mass is 35.5. The third-order valence-corrected chi connectivity index (χ3v) is 3.35. The predicted octanol–water partition coefficient (Wildman–Crippen LogP) is 5.40. The van der Waals surface area contributed by atoms with Gasteiger partial charge in [0.15, 0.2) is 0 Å². The smallest absolute Gasteiger partial charge is 0.237 e. The van der Waals surface area contributed by atoms with Gasteiger partial charge in [-0.3, -0.25) is 0 Å². The standard InChI is InChI=1S/C12H9ClF3NOS/c13-7-10-8-18-12(17-10)6-3-9-1-4-11(5-2-9)19(14,15)16/h1-6,8H,7H2. The minimum atomic E-state index is -5.16. The van der Waals surface area contributed by atoms with E-state index < -0.39 is 16.1 Å². The minimum Gasteiger partial charge on any atom is -0.445 e. The van der Waals surface area contributed by atoms with Crippen molar-refractivity contribution >= 4 is 34.9 Å². The maximum Gasteiger partial charge on any atom is 0.237 e. The van der Waals surface area contributed by atoms with Crippen LogP contribution >= 0.6 is 22.8 Å². The lowest BCUT2D eigenvalue weighted by molar-refractivity contribution is 0.546. The minimum absolute atomic E-state index is 0.250. The lowest BCUT2D eigenvalue weighted by Crippen LogP contribution is -1.80. The largest absolute Gasteiger partial charge is 0.445 e. The first-order valence-corrected chi connectivity index (χ1v) is 7.06. The number of halogens is 4. The van der Waals surface area contributed by atoms with Gasteiger partial charge in [-0.05, 0) is 23.8 Å². The van der Waals surface area contributed by atoms with Gasteiger partial charge in [0.05, 0.1) is 16.5 Å². The Morgan fingerprint density at radius 1 is 1.16 bits per heavy atom. The number of rotatable bonds is 4. The van der Waals surface area contributed by atoms with Crippen molar-refractivity contribution in [2.45, 2.75) is 10.8 Å². The van der Waals surface area contributed by atoms with Crippen molar-refractivity contribution in [3.63, 3.8) is 0 Å². The molecule has 1 aromatic carbocycles. The highest BCUT2D eigenvalue weighted by molar-refractivity contribution is 8.20. The van der Waals surface area contributed by atoms with E-state index in [2.05, 4.69) is 4.98 Å². The second-order valence-electron chi connectivity index (χ2n) is 3.62. The van der Waals surface area contributed by atoms with E-state index in [4.69, 9.17) is 16.0 Å². The lowest BCUT2D eigenvalue weighted by atomic mass is 10.2. The molecular formula is C12H9ClF3NOS. The molecule has 0 saturated heterocycles. The molecule has 0 saturated carbocycles. The van der Waals surface area contributed by atoms with Crippen molar-refractivity contribution in [2.24, 2.45) is 0 Å². The first-order chi connectivity index (χ1) is 8.99.